The number of hydrogen-bond acceptors (Lipinski definition) is 5. The fourth-order valence-electron chi connectivity index (χ4n) is 2.62. The molecule has 3 aromatic rings. The molecule has 1 aromatic carbocycles. The van der Waals surface area contributed by atoms with Gasteiger partial charge in [-0.25, -0.2) is 4.98 Å². The number of thiazole rings is 1. The molecule has 0 saturated carbocycles. The summed E-state index contributed by atoms with van der Waals surface area (Å²) < 4.78 is 15.7. The van der Waals surface area contributed by atoms with Crippen LogP contribution in [0.1, 0.15) is 24.5 Å². The number of fused-ring (bicyclic) bond motifs is 1. The summed E-state index contributed by atoms with van der Waals surface area (Å²) in [6.07, 6.45) is 3.32. The average Bonchev–Trinajstić information content (AvgIpc) is 3.19. The number of carbonyl (C=O) groups excluding carboxylic acids is 1. The Kier molecular flexibility index (Phi) is 5.85. The van der Waals surface area contributed by atoms with Gasteiger partial charge in [-0.1, -0.05) is 11.3 Å². The zero-order chi connectivity index (χ0) is 18.5. The minimum atomic E-state index is -0.362. The minimum absolute atomic E-state index is 0.314. The van der Waals surface area contributed by atoms with Crippen LogP contribution in [0.4, 0.5) is 0 Å². The average molecular weight is 374 g/mol. The van der Waals surface area contributed by atoms with Gasteiger partial charge in [0, 0.05) is 32.6 Å². The van der Waals surface area contributed by atoms with Crippen molar-refractivity contribution in [1.29, 1.82) is 0 Å². The molecule has 0 radical (unpaired) electrons. The highest BCUT2D eigenvalue weighted by Crippen LogP contribution is 2.23. The normalized spacial score (nSPS) is 12.0. The van der Waals surface area contributed by atoms with E-state index in [1.807, 2.05) is 36.6 Å². The molecule has 0 spiro atoms. The molecule has 0 atom stereocenters. The summed E-state index contributed by atoms with van der Waals surface area (Å²) in [5.41, 5.74) is 1.00. The molecule has 0 aliphatic heterocycles. The Bertz CT molecular complexity index is 970. The first-order valence-corrected chi connectivity index (χ1v) is 9.36. The van der Waals surface area contributed by atoms with Gasteiger partial charge < -0.3 is 18.6 Å². The molecule has 0 aliphatic carbocycles. The van der Waals surface area contributed by atoms with E-state index in [1.165, 1.54) is 11.3 Å². The van der Waals surface area contributed by atoms with Crippen LogP contribution in [0, 0.1) is 0 Å². The number of amides is 1. The summed E-state index contributed by atoms with van der Waals surface area (Å²) >= 11 is 1.46. The van der Waals surface area contributed by atoms with E-state index in [0.717, 1.165) is 16.0 Å². The lowest BCUT2D eigenvalue weighted by molar-refractivity contribution is 0.0984. The Morgan fingerprint density at radius 3 is 2.85 bits per heavy atom. The molecule has 8 heteroatoms. The third kappa shape index (κ3) is 3.86. The number of aromatic nitrogens is 3. The summed E-state index contributed by atoms with van der Waals surface area (Å²) in [6, 6.07) is 5.90. The van der Waals surface area contributed by atoms with Crippen molar-refractivity contribution in [2.45, 2.75) is 20.4 Å². The third-order valence-electron chi connectivity index (χ3n) is 3.84. The Hall–Kier alpha value is -2.45. The topological polar surface area (TPSA) is 70.6 Å². The first kappa shape index (κ1) is 18.3. The number of carbonyl (C=O) groups is 1. The second-order valence-electron chi connectivity index (χ2n) is 5.57. The summed E-state index contributed by atoms with van der Waals surface area (Å²) in [4.78, 5) is 21.5. The second-order valence-corrected chi connectivity index (χ2v) is 6.58. The number of hydrogen-bond donors (Lipinski definition) is 0. The molecule has 0 unspecified atom stereocenters. The Balaban J connectivity index is 2.06. The maximum absolute atomic E-state index is 12.5. The minimum Gasteiger partial charge on any atom is -0.494 e. The van der Waals surface area contributed by atoms with Crippen molar-refractivity contribution in [2.24, 2.45) is 12.0 Å². The maximum atomic E-state index is 12.5. The predicted octanol–water partition coefficient (Wildman–Crippen LogP) is 2.61. The van der Waals surface area contributed by atoms with Gasteiger partial charge in [0.25, 0.3) is 0 Å². The van der Waals surface area contributed by atoms with E-state index in [4.69, 9.17) is 9.47 Å². The first-order chi connectivity index (χ1) is 12.6. The molecule has 1 amide bonds. The van der Waals surface area contributed by atoms with Crippen molar-refractivity contribution in [3.63, 3.8) is 0 Å². The Morgan fingerprint density at radius 2 is 2.15 bits per heavy atom. The lowest BCUT2D eigenvalue weighted by atomic mass is 10.3. The van der Waals surface area contributed by atoms with Crippen LogP contribution < -0.4 is 9.54 Å². The van der Waals surface area contributed by atoms with Crippen LogP contribution in [0.2, 0.25) is 0 Å². The van der Waals surface area contributed by atoms with Crippen LogP contribution >= 0.6 is 11.3 Å². The van der Waals surface area contributed by atoms with E-state index in [2.05, 4.69) is 9.98 Å². The van der Waals surface area contributed by atoms with Crippen molar-refractivity contribution in [1.82, 2.24) is 14.1 Å². The SMILES string of the molecule is CCOCCn1c(=NC(=O)c2nccn2C)sc2cc(OCC)ccc21. The highest BCUT2D eigenvalue weighted by Gasteiger charge is 2.13. The lowest BCUT2D eigenvalue weighted by Gasteiger charge is -2.06. The van der Waals surface area contributed by atoms with Crippen LogP contribution in [0.5, 0.6) is 5.75 Å². The fraction of sp³-hybridized carbons (Fsp3) is 0.389. The van der Waals surface area contributed by atoms with E-state index in [1.54, 1.807) is 24.0 Å². The Labute approximate surface area is 155 Å². The number of rotatable bonds is 7. The van der Waals surface area contributed by atoms with Crippen LogP contribution in [0.3, 0.4) is 0 Å². The van der Waals surface area contributed by atoms with E-state index in [0.29, 0.717) is 37.0 Å². The van der Waals surface area contributed by atoms with Gasteiger partial charge in [0.05, 0.1) is 23.4 Å². The molecular weight excluding hydrogens is 352 g/mol. The molecule has 3 rings (SSSR count). The van der Waals surface area contributed by atoms with Gasteiger partial charge in [-0.15, -0.1) is 0 Å². The van der Waals surface area contributed by atoms with Gasteiger partial charge in [-0.3, -0.25) is 4.79 Å². The zero-order valence-electron chi connectivity index (χ0n) is 15.1. The number of benzene rings is 1. The van der Waals surface area contributed by atoms with Gasteiger partial charge in [-0.2, -0.15) is 4.99 Å². The number of ether oxygens (including phenoxy) is 2. The van der Waals surface area contributed by atoms with E-state index < -0.39 is 0 Å². The lowest BCUT2D eigenvalue weighted by Crippen LogP contribution is -2.20. The largest absolute Gasteiger partial charge is 0.494 e. The van der Waals surface area contributed by atoms with Crippen molar-refractivity contribution in [3.8, 4) is 5.75 Å². The van der Waals surface area contributed by atoms with Crippen LogP contribution in [-0.2, 0) is 18.3 Å². The molecule has 0 aliphatic rings. The third-order valence-corrected chi connectivity index (χ3v) is 4.88. The van der Waals surface area contributed by atoms with Crippen LogP contribution in [-0.4, -0.2) is 39.8 Å². The van der Waals surface area contributed by atoms with Crippen LogP contribution in [0.25, 0.3) is 10.2 Å². The van der Waals surface area contributed by atoms with Crippen molar-refractivity contribution < 1.29 is 14.3 Å². The smallest absolute Gasteiger partial charge is 0.315 e. The molecule has 26 heavy (non-hydrogen) atoms. The van der Waals surface area contributed by atoms with Crippen molar-refractivity contribution >= 4 is 27.5 Å². The summed E-state index contributed by atoms with van der Waals surface area (Å²) in [5, 5.41) is 0. The van der Waals surface area contributed by atoms with Gasteiger partial charge in [-0.05, 0) is 32.0 Å². The van der Waals surface area contributed by atoms with Gasteiger partial charge in [0.2, 0.25) is 5.82 Å². The van der Waals surface area contributed by atoms with Gasteiger partial charge >= 0.3 is 5.91 Å². The molecule has 0 fully saturated rings. The van der Waals surface area contributed by atoms with Crippen molar-refractivity contribution in [3.05, 3.63) is 41.2 Å². The summed E-state index contributed by atoms with van der Waals surface area (Å²) in [6.45, 7) is 6.34. The predicted molar refractivity (Wildman–Crippen MR) is 101 cm³/mol. The van der Waals surface area contributed by atoms with E-state index >= 15 is 0 Å². The van der Waals surface area contributed by atoms with Crippen LogP contribution in [0.15, 0.2) is 35.6 Å². The van der Waals surface area contributed by atoms with E-state index in [9.17, 15) is 4.79 Å². The highest BCUT2D eigenvalue weighted by molar-refractivity contribution is 7.16. The standard InChI is InChI=1S/C18H22N4O3S/c1-4-24-11-10-22-14-7-6-13(25-5-2)12-15(14)26-18(22)20-17(23)16-19-8-9-21(16)3/h6-9,12H,4-5,10-11H2,1-3H3. The zero-order valence-corrected chi connectivity index (χ0v) is 16.0. The summed E-state index contributed by atoms with van der Waals surface area (Å²) in [5.74, 6) is 0.758. The van der Waals surface area contributed by atoms with Gasteiger partial charge in [0.15, 0.2) is 4.80 Å². The molecule has 2 heterocycles. The number of nitrogens with zero attached hydrogens (tertiary/aromatic N) is 4. The molecule has 0 saturated heterocycles. The molecule has 2 aromatic heterocycles. The fourth-order valence-corrected chi connectivity index (χ4v) is 3.70. The molecular formula is C18H22N4O3S. The second kappa shape index (κ2) is 8.29. The monoisotopic (exact) mass is 374 g/mol. The molecule has 0 bridgehead atoms. The number of imidazole rings is 1. The quantitative estimate of drug-likeness (QED) is 0.596. The number of aryl methyl sites for hydroxylation is 1. The first-order valence-electron chi connectivity index (χ1n) is 8.54. The van der Waals surface area contributed by atoms with E-state index in [-0.39, 0.29) is 5.91 Å². The van der Waals surface area contributed by atoms with Crippen molar-refractivity contribution in [2.75, 3.05) is 19.8 Å². The van der Waals surface area contributed by atoms with Gasteiger partial charge in [0.1, 0.15) is 5.75 Å². The molecule has 0 N–H and O–H groups in total. The highest BCUT2D eigenvalue weighted by atomic mass is 32.1. The maximum Gasteiger partial charge on any atom is 0.315 e. The summed E-state index contributed by atoms with van der Waals surface area (Å²) in [7, 11) is 1.78. The molecule has 138 valence electrons. The Morgan fingerprint density at radius 1 is 1.31 bits per heavy atom. The molecule has 7 nitrogen and oxygen atoms in total.